The van der Waals surface area contributed by atoms with E-state index in [0.717, 1.165) is 44.5 Å². The number of halogens is 1. The lowest BCUT2D eigenvalue weighted by Crippen LogP contribution is -2.46. The topological polar surface area (TPSA) is 77.0 Å². The van der Waals surface area contributed by atoms with E-state index < -0.39 is 9.84 Å². The van der Waals surface area contributed by atoms with Gasteiger partial charge in [0.25, 0.3) is 0 Å². The van der Waals surface area contributed by atoms with Gasteiger partial charge in [-0.25, -0.2) is 8.42 Å². The van der Waals surface area contributed by atoms with Gasteiger partial charge >= 0.3 is 0 Å². The number of nitrogens with one attached hydrogen (secondary N) is 2. The first-order valence-corrected chi connectivity index (χ1v) is 11.4. The first-order chi connectivity index (χ1) is 12.0. The Morgan fingerprint density at radius 3 is 2.19 bits per heavy atom. The highest BCUT2D eigenvalue weighted by atomic mass is 127. The number of hydrogen-bond acceptors (Lipinski definition) is 5. The number of hydrogen-bond donors (Lipinski definition) is 2. The SMILES string of the molecule is CN=C(NCCCN1CCC(C)CC1)NCCN1CCS(=O)(=O)CC1.I. The Hall–Kier alpha value is -0.130. The minimum absolute atomic E-state index is 0. The zero-order chi connectivity index (χ0) is 18.1. The number of rotatable bonds is 7. The maximum atomic E-state index is 11.4. The molecule has 0 bridgehead atoms. The molecule has 0 spiro atoms. The number of aliphatic imine (C=N–C) groups is 1. The minimum Gasteiger partial charge on any atom is -0.356 e. The second-order valence-electron chi connectivity index (χ2n) is 7.30. The lowest BCUT2D eigenvalue weighted by Gasteiger charge is -2.30. The molecule has 0 unspecified atom stereocenters. The van der Waals surface area contributed by atoms with Gasteiger partial charge in [-0.1, -0.05) is 6.92 Å². The van der Waals surface area contributed by atoms with Crippen molar-refractivity contribution in [1.29, 1.82) is 0 Å². The number of piperidine rings is 1. The molecular formula is C17H36IN5O2S. The Bertz CT molecular complexity index is 507. The molecule has 26 heavy (non-hydrogen) atoms. The predicted molar refractivity (Wildman–Crippen MR) is 119 cm³/mol. The van der Waals surface area contributed by atoms with Crippen molar-refractivity contribution < 1.29 is 8.42 Å². The summed E-state index contributed by atoms with van der Waals surface area (Å²) < 4.78 is 22.9. The van der Waals surface area contributed by atoms with Gasteiger partial charge in [0.2, 0.25) is 0 Å². The third kappa shape index (κ3) is 9.18. The summed E-state index contributed by atoms with van der Waals surface area (Å²) in [5.41, 5.74) is 0. The first-order valence-electron chi connectivity index (χ1n) is 9.58. The maximum absolute atomic E-state index is 11.4. The van der Waals surface area contributed by atoms with Crippen molar-refractivity contribution in [2.45, 2.75) is 26.2 Å². The lowest BCUT2D eigenvalue weighted by molar-refractivity contribution is 0.191. The zero-order valence-corrected chi connectivity index (χ0v) is 19.4. The standard InChI is InChI=1S/C17H35N5O2S.HI/c1-16-4-9-21(10-5-16)8-3-6-19-17(18-2)20-7-11-22-12-14-25(23,24)15-13-22;/h16H,3-15H2,1-2H3,(H2,18,19,20);1H. The number of sulfone groups is 1. The largest absolute Gasteiger partial charge is 0.356 e. The van der Waals surface area contributed by atoms with Gasteiger partial charge in [-0.15, -0.1) is 24.0 Å². The quantitative estimate of drug-likeness (QED) is 0.231. The van der Waals surface area contributed by atoms with E-state index in [1.54, 1.807) is 7.05 Å². The fourth-order valence-corrected chi connectivity index (χ4v) is 4.60. The van der Waals surface area contributed by atoms with Crippen LogP contribution in [0.2, 0.25) is 0 Å². The minimum atomic E-state index is -2.79. The van der Waals surface area contributed by atoms with Gasteiger partial charge in [0, 0.05) is 39.8 Å². The fourth-order valence-electron chi connectivity index (χ4n) is 3.32. The molecule has 0 aromatic rings. The molecule has 0 amide bonds. The molecule has 9 heteroatoms. The molecule has 2 aliphatic rings. The summed E-state index contributed by atoms with van der Waals surface area (Å²) in [7, 11) is -1.00. The lowest BCUT2D eigenvalue weighted by atomic mass is 9.99. The van der Waals surface area contributed by atoms with Crippen LogP contribution >= 0.6 is 24.0 Å². The van der Waals surface area contributed by atoms with Crippen molar-refractivity contribution in [2.75, 3.05) is 70.9 Å². The van der Waals surface area contributed by atoms with Crippen LogP contribution in [-0.2, 0) is 9.84 Å². The molecule has 0 saturated carbocycles. The van der Waals surface area contributed by atoms with Crippen molar-refractivity contribution in [3.63, 3.8) is 0 Å². The van der Waals surface area contributed by atoms with Gasteiger partial charge in [0.15, 0.2) is 15.8 Å². The maximum Gasteiger partial charge on any atom is 0.191 e. The number of likely N-dealkylation sites (tertiary alicyclic amines) is 1. The molecule has 0 aromatic heterocycles. The van der Waals surface area contributed by atoms with Crippen LogP contribution in [0.25, 0.3) is 0 Å². The highest BCUT2D eigenvalue weighted by molar-refractivity contribution is 14.0. The molecule has 2 heterocycles. The smallest absolute Gasteiger partial charge is 0.191 e. The van der Waals surface area contributed by atoms with E-state index in [1.807, 2.05) is 0 Å². The average molecular weight is 501 g/mol. The summed E-state index contributed by atoms with van der Waals surface area (Å²) in [5.74, 6) is 2.29. The van der Waals surface area contributed by atoms with Crippen LogP contribution in [0.15, 0.2) is 4.99 Å². The van der Waals surface area contributed by atoms with E-state index in [4.69, 9.17) is 0 Å². The van der Waals surface area contributed by atoms with E-state index >= 15 is 0 Å². The normalized spacial score (nSPS) is 22.6. The molecule has 2 saturated heterocycles. The highest BCUT2D eigenvalue weighted by Gasteiger charge is 2.21. The second kappa shape index (κ2) is 12.4. The van der Waals surface area contributed by atoms with E-state index in [-0.39, 0.29) is 35.5 Å². The molecule has 2 fully saturated rings. The summed E-state index contributed by atoms with van der Waals surface area (Å²) in [6.07, 6.45) is 3.78. The van der Waals surface area contributed by atoms with E-state index in [2.05, 4.69) is 32.3 Å². The predicted octanol–water partition coefficient (Wildman–Crippen LogP) is 0.622. The van der Waals surface area contributed by atoms with Gasteiger partial charge < -0.3 is 15.5 Å². The molecular weight excluding hydrogens is 465 g/mol. The van der Waals surface area contributed by atoms with Gasteiger partial charge in [0.1, 0.15) is 0 Å². The molecule has 0 aliphatic carbocycles. The Morgan fingerprint density at radius 2 is 1.58 bits per heavy atom. The Labute approximate surface area is 176 Å². The van der Waals surface area contributed by atoms with Crippen LogP contribution < -0.4 is 10.6 Å². The van der Waals surface area contributed by atoms with Crippen molar-refractivity contribution in [3.8, 4) is 0 Å². The van der Waals surface area contributed by atoms with Crippen molar-refractivity contribution in [3.05, 3.63) is 0 Å². The van der Waals surface area contributed by atoms with Crippen molar-refractivity contribution >= 4 is 39.8 Å². The average Bonchev–Trinajstić information content (AvgIpc) is 2.60. The van der Waals surface area contributed by atoms with Crippen LogP contribution in [0.5, 0.6) is 0 Å². The van der Waals surface area contributed by atoms with Crippen molar-refractivity contribution in [1.82, 2.24) is 20.4 Å². The molecule has 0 aromatic carbocycles. The van der Waals surface area contributed by atoms with Gasteiger partial charge in [-0.2, -0.15) is 0 Å². The fraction of sp³-hybridized carbons (Fsp3) is 0.941. The van der Waals surface area contributed by atoms with E-state index in [9.17, 15) is 8.42 Å². The Balaban J connectivity index is 0.00000338. The van der Waals surface area contributed by atoms with Crippen LogP contribution in [0.4, 0.5) is 0 Å². The molecule has 2 rings (SSSR count). The second-order valence-corrected chi connectivity index (χ2v) is 9.60. The Kier molecular flexibility index (Phi) is 11.4. The van der Waals surface area contributed by atoms with Crippen LogP contribution in [0, 0.1) is 5.92 Å². The van der Waals surface area contributed by atoms with Gasteiger partial charge in [-0.05, 0) is 44.8 Å². The van der Waals surface area contributed by atoms with Crippen LogP contribution in [-0.4, -0.2) is 95.1 Å². The molecule has 2 N–H and O–H groups in total. The molecule has 2 aliphatic heterocycles. The molecule has 0 atom stereocenters. The van der Waals surface area contributed by atoms with Crippen LogP contribution in [0.1, 0.15) is 26.2 Å². The monoisotopic (exact) mass is 501 g/mol. The third-order valence-corrected chi connectivity index (χ3v) is 6.81. The highest BCUT2D eigenvalue weighted by Crippen LogP contribution is 2.15. The van der Waals surface area contributed by atoms with Crippen molar-refractivity contribution in [2.24, 2.45) is 10.9 Å². The zero-order valence-electron chi connectivity index (χ0n) is 16.2. The molecule has 0 radical (unpaired) electrons. The Morgan fingerprint density at radius 1 is 1.00 bits per heavy atom. The summed E-state index contributed by atoms with van der Waals surface area (Å²) >= 11 is 0. The molecule has 7 nitrogen and oxygen atoms in total. The number of nitrogens with zero attached hydrogens (tertiary/aromatic N) is 3. The van der Waals surface area contributed by atoms with Gasteiger partial charge in [0.05, 0.1) is 11.5 Å². The first kappa shape index (κ1) is 23.9. The van der Waals surface area contributed by atoms with E-state index in [1.165, 1.54) is 25.9 Å². The third-order valence-electron chi connectivity index (χ3n) is 5.20. The summed E-state index contributed by atoms with van der Waals surface area (Å²) in [6.45, 7) is 9.81. The molecule has 154 valence electrons. The summed E-state index contributed by atoms with van der Waals surface area (Å²) in [6, 6.07) is 0. The summed E-state index contributed by atoms with van der Waals surface area (Å²) in [5, 5.41) is 6.68. The van der Waals surface area contributed by atoms with E-state index in [0.29, 0.717) is 13.1 Å². The number of guanidine groups is 1. The van der Waals surface area contributed by atoms with Gasteiger partial charge in [-0.3, -0.25) is 9.89 Å². The summed E-state index contributed by atoms with van der Waals surface area (Å²) in [4.78, 5) is 9.01. The van der Waals surface area contributed by atoms with Crippen LogP contribution in [0.3, 0.4) is 0 Å².